The van der Waals surface area contributed by atoms with E-state index in [-0.39, 0.29) is 29.4 Å². The lowest BCUT2D eigenvalue weighted by Gasteiger charge is -2.09. The molecule has 0 aliphatic rings. The van der Waals surface area contributed by atoms with Crippen LogP contribution in [0, 0.1) is 11.6 Å². The fraction of sp³-hybridized carbons (Fsp3) is 0.0714. The summed E-state index contributed by atoms with van der Waals surface area (Å²) in [4.78, 5) is 0. The molecule has 4 nitrogen and oxygen atoms in total. The Bertz CT molecular complexity index is 628. The van der Waals surface area contributed by atoms with Gasteiger partial charge in [-0.3, -0.25) is 0 Å². The number of amidine groups is 1. The van der Waals surface area contributed by atoms with Crippen LogP contribution in [-0.2, 0) is 6.61 Å². The number of nitrogens with two attached hydrogens (primary N) is 1. The number of rotatable bonds is 4. The summed E-state index contributed by atoms with van der Waals surface area (Å²) in [5.74, 6) is -0.895. The number of ether oxygens (including phenoxy) is 1. The van der Waals surface area contributed by atoms with Gasteiger partial charge in [0.25, 0.3) is 0 Å². The Hall–Kier alpha value is -2.63. The molecule has 2 aromatic rings. The Labute approximate surface area is 114 Å². The number of hydrogen-bond donors (Lipinski definition) is 2. The zero-order valence-corrected chi connectivity index (χ0v) is 10.4. The zero-order valence-electron chi connectivity index (χ0n) is 10.4. The highest BCUT2D eigenvalue weighted by Crippen LogP contribution is 2.17. The monoisotopic (exact) mass is 278 g/mol. The van der Waals surface area contributed by atoms with Crippen molar-refractivity contribution in [3.63, 3.8) is 0 Å². The molecule has 0 saturated heterocycles. The summed E-state index contributed by atoms with van der Waals surface area (Å²) in [6, 6.07) is 9.87. The van der Waals surface area contributed by atoms with E-state index in [1.54, 1.807) is 6.07 Å². The van der Waals surface area contributed by atoms with Crippen LogP contribution in [0.5, 0.6) is 5.75 Å². The van der Waals surface area contributed by atoms with E-state index in [1.807, 2.05) is 0 Å². The van der Waals surface area contributed by atoms with Gasteiger partial charge in [-0.05, 0) is 30.3 Å². The fourth-order valence-corrected chi connectivity index (χ4v) is 1.63. The van der Waals surface area contributed by atoms with Crippen LogP contribution in [0.25, 0.3) is 0 Å². The molecule has 0 saturated carbocycles. The van der Waals surface area contributed by atoms with Crippen LogP contribution in [0.15, 0.2) is 47.6 Å². The highest BCUT2D eigenvalue weighted by Gasteiger charge is 2.11. The largest absolute Gasteiger partial charge is 0.489 e. The van der Waals surface area contributed by atoms with Gasteiger partial charge < -0.3 is 15.7 Å². The van der Waals surface area contributed by atoms with E-state index in [0.717, 1.165) is 0 Å². The minimum absolute atomic E-state index is 0.00675. The number of nitrogens with zero attached hydrogens (tertiary/aromatic N) is 1. The normalized spacial score (nSPS) is 11.4. The molecular weight excluding hydrogens is 266 g/mol. The Morgan fingerprint density at radius 1 is 1.15 bits per heavy atom. The summed E-state index contributed by atoms with van der Waals surface area (Å²) >= 11 is 0. The minimum atomic E-state index is -0.620. The quantitative estimate of drug-likeness (QED) is 0.391. The first-order valence-corrected chi connectivity index (χ1v) is 5.75. The van der Waals surface area contributed by atoms with E-state index >= 15 is 0 Å². The van der Waals surface area contributed by atoms with Crippen molar-refractivity contribution in [3.05, 3.63) is 65.2 Å². The van der Waals surface area contributed by atoms with E-state index in [0.29, 0.717) is 5.75 Å². The molecular formula is C14H12F2N2O2. The molecule has 0 unspecified atom stereocenters. The molecule has 0 aliphatic heterocycles. The van der Waals surface area contributed by atoms with E-state index in [2.05, 4.69) is 5.16 Å². The van der Waals surface area contributed by atoms with Crippen molar-refractivity contribution in [1.29, 1.82) is 0 Å². The van der Waals surface area contributed by atoms with Crippen molar-refractivity contribution < 1.29 is 18.7 Å². The van der Waals surface area contributed by atoms with Crippen LogP contribution in [0.2, 0.25) is 0 Å². The van der Waals surface area contributed by atoms with Gasteiger partial charge >= 0.3 is 0 Å². The maximum Gasteiger partial charge on any atom is 0.173 e. The number of oxime groups is 1. The lowest BCUT2D eigenvalue weighted by molar-refractivity contribution is 0.299. The Balaban J connectivity index is 2.16. The molecule has 0 amide bonds. The van der Waals surface area contributed by atoms with Crippen molar-refractivity contribution in [2.45, 2.75) is 6.61 Å². The number of benzene rings is 2. The third kappa shape index (κ3) is 3.03. The van der Waals surface area contributed by atoms with Crippen molar-refractivity contribution in [2.75, 3.05) is 0 Å². The topological polar surface area (TPSA) is 67.8 Å². The molecule has 2 rings (SSSR count). The number of halogens is 2. The standard InChI is InChI=1S/C14H12F2N2O2/c15-10-4-6-11(7-5-10)20-8-9-2-1-3-12(13(9)16)14(17)18-19/h1-7,19H,8H2,(H2,17,18). The molecule has 0 bridgehead atoms. The van der Waals surface area contributed by atoms with Crippen LogP contribution in [0.4, 0.5) is 8.78 Å². The van der Waals surface area contributed by atoms with Gasteiger partial charge in [0.05, 0.1) is 5.56 Å². The Morgan fingerprint density at radius 3 is 2.50 bits per heavy atom. The van der Waals surface area contributed by atoms with Gasteiger partial charge in [0.15, 0.2) is 5.84 Å². The first kappa shape index (κ1) is 13.8. The average molecular weight is 278 g/mol. The van der Waals surface area contributed by atoms with Crippen molar-refractivity contribution in [3.8, 4) is 5.75 Å². The molecule has 20 heavy (non-hydrogen) atoms. The molecule has 6 heteroatoms. The van der Waals surface area contributed by atoms with E-state index in [9.17, 15) is 8.78 Å². The summed E-state index contributed by atoms with van der Waals surface area (Å²) in [7, 11) is 0. The molecule has 0 fully saturated rings. The van der Waals surface area contributed by atoms with E-state index < -0.39 is 5.82 Å². The second kappa shape index (κ2) is 6.01. The maximum absolute atomic E-state index is 14.1. The molecule has 0 radical (unpaired) electrons. The minimum Gasteiger partial charge on any atom is -0.489 e. The van der Waals surface area contributed by atoms with Crippen molar-refractivity contribution in [2.24, 2.45) is 10.9 Å². The van der Waals surface area contributed by atoms with Crippen LogP contribution in [0.3, 0.4) is 0 Å². The highest BCUT2D eigenvalue weighted by atomic mass is 19.1. The highest BCUT2D eigenvalue weighted by molar-refractivity contribution is 5.97. The molecule has 0 aliphatic carbocycles. The van der Waals surface area contributed by atoms with Crippen LogP contribution >= 0.6 is 0 Å². The van der Waals surface area contributed by atoms with Gasteiger partial charge in [0, 0.05) is 5.56 Å². The third-order valence-corrected chi connectivity index (χ3v) is 2.67. The lowest BCUT2D eigenvalue weighted by atomic mass is 10.1. The van der Waals surface area contributed by atoms with Crippen LogP contribution in [0.1, 0.15) is 11.1 Å². The van der Waals surface area contributed by atoms with Crippen molar-refractivity contribution >= 4 is 5.84 Å². The smallest absolute Gasteiger partial charge is 0.173 e. The van der Waals surface area contributed by atoms with Gasteiger partial charge in [0.1, 0.15) is 24.0 Å². The summed E-state index contributed by atoms with van der Waals surface area (Å²) < 4.78 is 32.1. The SMILES string of the molecule is N/C(=N/O)c1cccc(COc2ccc(F)cc2)c1F. The predicted octanol–water partition coefficient (Wildman–Crippen LogP) is 2.64. The molecule has 104 valence electrons. The van der Waals surface area contributed by atoms with Crippen molar-refractivity contribution in [1.82, 2.24) is 0 Å². The second-order valence-corrected chi connectivity index (χ2v) is 4.01. The third-order valence-electron chi connectivity index (χ3n) is 2.67. The fourth-order valence-electron chi connectivity index (χ4n) is 1.63. The second-order valence-electron chi connectivity index (χ2n) is 4.01. The van der Waals surface area contributed by atoms with Gasteiger partial charge in [0.2, 0.25) is 0 Å². The molecule has 2 aromatic carbocycles. The van der Waals surface area contributed by atoms with Crippen LogP contribution < -0.4 is 10.5 Å². The first-order chi connectivity index (χ1) is 9.61. The average Bonchev–Trinajstić information content (AvgIpc) is 2.47. The first-order valence-electron chi connectivity index (χ1n) is 5.75. The Morgan fingerprint density at radius 2 is 1.85 bits per heavy atom. The lowest BCUT2D eigenvalue weighted by Crippen LogP contribution is -2.16. The summed E-state index contributed by atoms with van der Waals surface area (Å²) in [5, 5.41) is 11.3. The maximum atomic E-state index is 14.1. The Kier molecular flexibility index (Phi) is 4.14. The summed E-state index contributed by atoms with van der Waals surface area (Å²) in [5.41, 5.74) is 5.61. The zero-order chi connectivity index (χ0) is 14.5. The molecule has 0 aromatic heterocycles. The van der Waals surface area contributed by atoms with E-state index in [1.165, 1.54) is 36.4 Å². The summed E-state index contributed by atoms with van der Waals surface area (Å²) in [6.45, 7) is -0.0516. The van der Waals surface area contributed by atoms with E-state index in [4.69, 9.17) is 15.7 Å². The molecule has 3 N–H and O–H groups in total. The van der Waals surface area contributed by atoms with Gasteiger partial charge in [-0.15, -0.1) is 0 Å². The molecule has 0 heterocycles. The van der Waals surface area contributed by atoms with Gasteiger partial charge in [-0.25, -0.2) is 8.78 Å². The molecule has 0 spiro atoms. The predicted molar refractivity (Wildman–Crippen MR) is 69.6 cm³/mol. The van der Waals surface area contributed by atoms with Gasteiger partial charge in [-0.1, -0.05) is 17.3 Å². The molecule has 0 atom stereocenters. The number of hydrogen-bond acceptors (Lipinski definition) is 3. The summed E-state index contributed by atoms with van der Waals surface area (Å²) in [6.07, 6.45) is 0. The van der Waals surface area contributed by atoms with Gasteiger partial charge in [-0.2, -0.15) is 0 Å². The van der Waals surface area contributed by atoms with Crippen LogP contribution in [-0.4, -0.2) is 11.0 Å².